The highest BCUT2D eigenvalue weighted by Gasteiger charge is 2.19. The van der Waals surface area contributed by atoms with Gasteiger partial charge >= 0.3 is 0 Å². The number of hydrogen-bond acceptors (Lipinski definition) is 9. The second-order valence-electron chi connectivity index (χ2n) is 6.93. The number of carbonyl (C=O) groups is 1. The van der Waals surface area contributed by atoms with Crippen LogP contribution in [0.5, 0.6) is 0 Å². The Kier molecular flexibility index (Phi) is 4.80. The normalized spacial score (nSPS) is 21.9. The lowest BCUT2D eigenvalue weighted by molar-refractivity contribution is 0.103. The van der Waals surface area contributed by atoms with E-state index in [1.165, 1.54) is 19.2 Å². The molecule has 174 valence electrons. The summed E-state index contributed by atoms with van der Waals surface area (Å²) < 4.78 is 64.8. The van der Waals surface area contributed by atoms with E-state index in [1.807, 2.05) is 13.0 Å². The van der Waals surface area contributed by atoms with Gasteiger partial charge in [-0.25, -0.2) is 15.0 Å². The molecule has 3 heterocycles. The maximum Gasteiger partial charge on any atom is 0.267 e. The summed E-state index contributed by atoms with van der Waals surface area (Å²) in [6.45, 7) is -9.84. The number of nitrogens with one attached hydrogen (secondary N) is 2. The maximum atomic E-state index is 12.8. The SMILES string of the molecule is [2H]C1([2H])CN(C([2H])([2H])C([2H])([2H])O)CC([2H])([2H])N1c1cc(Nc2ncc(C(=O)Nc3c(C)cccc3Cl)s2)nc(C)n1. The van der Waals surface area contributed by atoms with Crippen LogP contribution in [0.15, 0.2) is 30.5 Å². The minimum absolute atomic E-state index is 0.131. The fourth-order valence-corrected chi connectivity index (χ4v) is 3.97. The van der Waals surface area contributed by atoms with Crippen molar-refractivity contribution in [2.24, 2.45) is 0 Å². The molecule has 33 heavy (non-hydrogen) atoms. The molecule has 1 amide bonds. The zero-order valence-corrected chi connectivity index (χ0v) is 19.3. The van der Waals surface area contributed by atoms with Crippen LogP contribution in [0.3, 0.4) is 0 Å². The van der Waals surface area contributed by atoms with E-state index in [1.54, 1.807) is 12.1 Å². The van der Waals surface area contributed by atoms with Gasteiger partial charge in [0.1, 0.15) is 22.3 Å². The Labute approximate surface area is 212 Å². The van der Waals surface area contributed by atoms with Crippen molar-refractivity contribution >= 4 is 51.3 Å². The molecule has 1 aliphatic rings. The van der Waals surface area contributed by atoms with Gasteiger partial charge in [0.25, 0.3) is 5.91 Å². The van der Waals surface area contributed by atoms with Crippen LogP contribution in [0.2, 0.25) is 5.02 Å². The number of aliphatic hydroxyl groups is 1. The van der Waals surface area contributed by atoms with Gasteiger partial charge in [-0.1, -0.05) is 35.1 Å². The van der Waals surface area contributed by atoms with Crippen molar-refractivity contribution in [2.45, 2.75) is 13.8 Å². The first-order chi connectivity index (χ1) is 18.8. The van der Waals surface area contributed by atoms with Gasteiger partial charge in [0.05, 0.1) is 31.7 Å². The Balaban J connectivity index is 1.57. The van der Waals surface area contributed by atoms with Crippen molar-refractivity contribution in [3.05, 3.63) is 51.7 Å². The molecule has 0 saturated carbocycles. The van der Waals surface area contributed by atoms with Crippen LogP contribution >= 0.6 is 22.9 Å². The lowest BCUT2D eigenvalue weighted by atomic mass is 10.2. The molecule has 3 N–H and O–H groups in total. The third-order valence-electron chi connectivity index (χ3n) is 4.53. The van der Waals surface area contributed by atoms with Crippen molar-refractivity contribution in [3.63, 3.8) is 0 Å². The number of aryl methyl sites for hydroxylation is 2. The van der Waals surface area contributed by atoms with Crippen molar-refractivity contribution in [3.8, 4) is 0 Å². The van der Waals surface area contributed by atoms with Crippen LogP contribution in [0.4, 0.5) is 22.5 Å². The highest BCUT2D eigenvalue weighted by atomic mass is 35.5. The number of β-amino-alcohol motifs (C(OH)–C–C–N with tert-alkyl or cyclic N) is 1. The predicted octanol–water partition coefficient (Wildman–Crippen LogP) is 3.31. The van der Waals surface area contributed by atoms with Crippen LogP contribution in [-0.2, 0) is 0 Å². The molecule has 0 radical (unpaired) electrons. The van der Waals surface area contributed by atoms with Crippen molar-refractivity contribution in [2.75, 3.05) is 54.7 Å². The summed E-state index contributed by atoms with van der Waals surface area (Å²) in [5, 5.41) is 16.0. The van der Waals surface area contributed by atoms with Gasteiger partial charge in [0.2, 0.25) is 0 Å². The molecule has 2 aromatic heterocycles. The van der Waals surface area contributed by atoms with Gasteiger partial charge in [-0.15, -0.1) is 0 Å². The Hall–Kier alpha value is -2.79. The van der Waals surface area contributed by atoms with Gasteiger partial charge in [-0.05, 0) is 25.5 Å². The first-order valence-corrected chi connectivity index (χ1v) is 10.9. The molecular formula is C22H26ClN7O2S. The quantitative estimate of drug-likeness (QED) is 0.458. The number of aromatic nitrogens is 3. The van der Waals surface area contributed by atoms with E-state index in [-0.39, 0.29) is 27.5 Å². The molecule has 9 nitrogen and oxygen atoms in total. The number of nitrogens with zero attached hydrogens (tertiary/aromatic N) is 5. The molecule has 11 heteroatoms. The zero-order valence-electron chi connectivity index (χ0n) is 25.7. The summed E-state index contributed by atoms with van der Waals surface area (Å²) in [6.07, 6.45) is 1.35. The van der Waals surface area contributed by atoms with Gasteiger partial charge in [-0.3, -0.25) is 9.69 Å². The minimum Gasteiger partial charge on any atom is -0.395 e. The van der Waals surface area contributed by atoms with Crippen LogP contribution in [0.25, 0.3) is 0 Å². The number of rotatable bonds is 7. The molecule has 0 bridgehead atoms. The lowest BCUT2D eigenvalue weighted by Gasteiger charge is -2.35. The number of hydrogen-bond donors (Lipinski definition) is 3. The van der Waals surface area contributed by atoms with E-state index in [0.717, 1.165) is 21.8 Å². The lowest BCUT2D eigenvalue weighted by Crippen LogP contribution is -2.47. The average Bonchev–Trinajstić information content (AvgIpc) is 3.27. The Bertz CT molecular complexity index is 1430. The highest BCUT2D eigenvalue weighted by molar-refractivity contribution is 7.17. The van der Waals surface area contributed by atoms with E-state index >= 15 is 0 Å². The molecule has 1 saturated heterocycles. The topological polar surface area (TPSA) is 107 Å². The zero-order chi connectivity index (χ0) is 30.5. The molecule has 1 aromatic carbocycles. The van der Waals surface area contributed by atoms with Crippen LogP contribution in [0, 0.1) is 13.8 Å². The number of carbonyl (C=O) groups excluding carboxylic acids is 1. The molecule has 4 rings (SSSR count). The number of amides is 1. The molecule has 0 atom stereocenters. The Morgan fingerprint density at radius 1 is 1.33 bits per heavy atom. The van der Waals surface area contributed by atoms with Gasteiger partial charge in [-0.2, -0.15) is 0 Å². The molecule has 1 fully saturated rings. The summed E-state index contributed by atoms with van der Waals surface area (Å²) >= 11 is 7.21. The molecule has 0 unspecified atom stereocenters. The largest absolute Gasteiger partial charge is 0.395 e. The third kappa shape index (κ3) is 5.77. The van der Waals surface area contributed by atoms with Gasteiger partial charge in [0, 0.05) is 41.4 Å². The second-order valence-corrected chi connectivity index (χ2v) is 8.37. The summed E-state index contributed by atoms with van der Waals surface area (Å²) in [6, 6.07) is 6.52. The van der Waals surface area contributed by atoms with E-state index in [4.69, 9.17) is 22.6 Å². The number of para-hydroxylation sites is 1. The Morgan fingerprint density at radius 2 is 2.12 bits per heavy atom. The molecule has 0 aliphatic carbocycles. The summed E-state index contributed by atoms with van der Waals surface area (Å²) in [5.41, 5.74) is 1.26. The number of benzene rings is 1. The monoisotopic (exact) mass is 495 g/mol. The van der Waals surface area contributed by atoms with Gasteiger partial charge < -0.3 is 20.6 Å². The van der Waals surface area contributed by atoms with Crippen LogP contribution in [0.1, 0.15) is 32.0 Å². The molecular weight excluding hydrogens is 462 g/mol. The van der Waals surface area contributed by atoms with Crippen molar-refractivity contribution < 1.29 is 20.9 Å². The third-order valence-corrected chi connectivity index (χ3v) is 5.75. The fourth-order valence-electron chi connectivity index (χ4n) is 2.98. The fraction of sp³-hybridized carbons (Fsp3) is 0.364. The Morgan fingerprint density at radius 3 is 2.85 bits per heavy atom. The average molecular weight is 496 g/mol. The van der Waals surface area contributed by atoms with Crippen LogP contribution < -0.4 is 15.5 Å². The minimum atomic E-state index is -3.38. The summed E-state index contributed by atoms with van der Waals surface area (Å²) in [4.78, 5) is 27.0. The number of halogens is 1. The van der Waals surface area contributed by atoms with Crippen LogP contribution in [-0.4, -0.2) is 70.0 Å². The van der Waals surface area contributed by atoms with E-state index < -0.39 is 45.0 Å². The molecule has 3 aromatic rings. The summed E-state index contributed by atoms with van der Waals surface area (Å²) in [7, 11) is 0. The predicted molar refractivity (Wildman–Crippen MR) is 132 cm³/mol. The number of thiazole rings is 1. The van der Waals surface area contributed by atoms with E-state index in [9.17, 15) is 9.90 Å². The summed E-state index contributed by atoms with van der Waals surface area (Å²) in [5.74, 6) is -0.305. The van der Waals surface area contributed by atoms with E-state index in [2.05, 4.69) is 25.6 Å². The first kappa shape index (κ1) is 15.2. The van der Waals surface area contributed by atoms with Gasteiger partial charge in [0.15, 0.2) is 5.13 Å². The van der Waals surface area contributed by atoms with Crippen molar-refractivity contribution in [1.29, 1.82) is 0 Å². The number of piperazine rings is 1. The maximum absolute atomic E-state index is 12.8. The smallest absolute Gasteiger partial charge is 0.267 e. The number of anilines is 4. The molecule has 0 spiro atoms. The standard InChI is InChI=1S/C22H26ClN7O2S/c1-14-4-3-5-16(23)20(14)28-21(32)17-13-24-22(33-17)27-18-12-19(26-15(2)25-18)30-8-6-29(7-9-30)10-11-31/h3-5,12-13,31H,6-11H2,1-2H3,(H,28,32)(H,24,25,26,27)/i8D2,9D2,10D2,11D2. The first-order valence-electron chi connectivity index (χ1n) is 13.7. The van der Waals surface area contributed by atoms with Crippen molar-refractivity contribution in [1.82, 2.24) is 19.9 Å². The molecule has 1 aliphatic heterocycles. The second kappa shape index (κ2) is 10.4. The van der Waals surface area contributed by atoms with E-state index in [0.29, 0.717) is 15.6 Å². The highest BCUT2D eigenvalue weighted by Crippen LogP contribution is 2.28.